The standard InChI is InChI=1S/C16H40Cl2N4Si2/c1-9-19(10-2)23(17,18)24(20(11-3)12-4,21(13-5)14-6)22(15-7)16-8/h9-16H2,1-8H3. The monoisotopic (exact) mass is 414 g/mol. The van der Waals surface area contributed by atoms with Crippen molar-refractivity contribution < 1.29 is 0 Å². The summed E-state index contributed by atoms with van der Waals surface area (Å²) in [7, 11) is -2.42. The number of rotatable bonds is 13. The van der Waals surface area contributed by atoms with Gasteiger partial charge in [0.05, 0.1) is 0 Å². The highest BCUT2D eigenvalue weighted by Gasteiger charge is 2.67. The van der Waals surface area contributed by atoms with Crippen LogP contribution in [0.2, 0.25) is 0 Å². The maximum atomic E-state index is 7.45. The molecule has 0 saturated carbocycles. The normalized spacial score (nSPS) is 13.8. The van der Waals surface area contributed by atoms with Gasteiger partial charge in [-0.2, -0.15) is 0 Å². The average molecular weight is 416 g/mol. The summed E-state index contributed by atoms with van der Waals surface area (Å²) >= 11 is 14.9. The molecule has 0 rings (SSSR count). The molecule has 0 aromatic rings. The third-order valence-electron chi connectivity index (χ3n) is 5.18. The van der Waals surface area contributed by atoms with E-state index in [0.29, 0.717) is 0 Å². The van der Waals surface area contributed by atoms with E-state index in [1.54, 1.807) is 0 Å². The summed E-state index contributed by atoms with van der Waals surface area (Å²) < 4.78 is 10.2. The molecule has 0 bridgehead atoms. The largest absolute Gasteiger partial charge is 0.361 e. The zero-order chi connectivity index (χ0) is 19.0. The van der Waals surface area contributed by atoms with Crippen molar-refractivity contribution >= 4 is 36.6 Å². The van der Waals surface area contributed by atoms with Crippen molar-refractivity contribution in [2.75, 3.05) is 52.4 Å². The summed E-state index contributed by atoms with van der Waals surface area (Å²) in [4.78, 5) is 0. The lowest BCUT2D eigenvalue weighted by Gasteiger charge is -2.58. The van der Waals surface area contributed by atoms with Gasteiger partial charge in [0.1, 0.15) is 0 Å². The average Bonchev–Trinajstić information content (AvgIpc) is 2.57. The van der Waals surface area contributed by atoms with Gasteiger partial charge in [-0.1, -0.05) is 55.4 Å². The quantitative estimate of drug-likeness (QED) is 0.335. The smallest absolute Gasteiger partial charge is 0.300 e. The lowest BCUT2D eigenvalue weighted by molar-refractivity contribution is 0.276. The molecule has 0 amide bonds. The van der Waals surface area contributed by atoms with Crippen LogP contribution in [0.15, 0.2) is 0 Å². The highest BCUT2D eigenvalue weighted by molar-refractivity contribution is 7.72. The highest BCUT2D eigenvalue weighted by atomic mass is 35.7. The maximum absolute atomic E-state index is 7.45. The first-order valence-corrected chi connectivity index (χ1v) is 16.5. The summed E-state index contributed by atoms with van der Waals surface area (Å²) in [6.45, 7) is 25.6. The van der Waals surface area contributed by atoms with E-state index in [0.717, 1.165) is 52.4 Å². The van der Waals surface area contributed by atoms with Crippen molar-refractivity contribution in [1.29, 1.82) is 0 Å². The van der Waals surface area contributed by atoms with Gasteiger partial charge in [0.15, 0.2) is 0 Å². The van der Waals surface area contributed by atoms with Crippen molar-refractivity contribution in [2.24, 2.45) is 0 Å². The Morgan fingerprint density at radius 1 is 0.458 bits per heavy atom. The molecule has 0 heterocycles. The zero-order valence-electron chi connectivity index (χ0n) is 17.2. The molecule has 0 spiro atoms. The minimum atomic E-state index is -2.73. The Bertz CT molecular complexity index is 301. The van der Waals surface area contributed by atoms with Crippen LogP contribution in [0, 0.1) is 0 Å². The van der Waals surface area contributed by atoms with Gasteiger partial charge in [0.25, 0.3) is 0 Å². The zero-order valence-corrected chi connectivity index (χ0v) is 20.7. The third-order valence-corrected chi connectivity index (χ3v) is 24.2. The van der Waals surface area contributed by atoms with E-state index in [1.165, 1.54) is 0 Å². The van der Waals surface area contributed by atoms with E-state index < -0.39 is 14.4 Å². The van der Waals surface area contributed by atoms with Crippen LogP contribution in [0.4, 0.5) is 0 Å². The van der Waals surface area contributed by atoms with Gasteiger partial charge in [0.2, 0.25) is 0 Å². The van der Waals surface area contributed by atoms with E-state index in [1.807, 2.05) is 0 Å². The molecule has 0 aliphatic carbocycles. The lowest BCUT2D eigenvalue weighted by atomic mass is 10.6. The van der Waals surface area contributed by atoms with Gasteiger partial charge < -0.3 is 0 Å². The number of hydrogen-bond acceptors (Lipinski definition) is 4. The lowest BCUT2D eigenvalue weighted by Crippen LogP contribution is -2.88. The van der Waals surface area contributed by atoms with Gasteiger partial charge >= 0.3 is 14.4 Å². The van der Waals surface area contributed by atoms with Gasteiger partial charge in [-0.25, -0.2) is 0 Å². The molecule has 0 aliphatic heterocycles. The van der Waals surface area contributed by atoms with E-state index in [9.17, 15) is 0 Å². The van der Waals surface area contributed by atoms with Crippen LogP contribution in [0.25, 0.3) is 0 Å². The predicted octanol–water partition coefficient (Wildman–Crippen LogP) is 3.79. The molecule has 24 heavy (non-hydrogen) atoms. The topological polar surface area (TPSA) is 13.0 Å². The molecule has 0 N–H and O–H groups in total. The molecule has 146 valence electrons. The molecular formula is C16H40Cl2N4Si2. The first kappa shape index (κ1) is 24.9. The minimum Gasteiger partial charge on any atom is -0.300 e. The van der Waals surface area contributed by atoms with Crippen LogP contribution in [-0.4, -0.2) is 85.1 Å². The van der Waals surface area contributed by atoms with E-state index in [4.69, 9.17) is 22.2 Å². The SMILES string of the molecule is CCN(CC)[Si](Cl)(Cl)[Si](N(CC)CC)(N(CC)CC)N(CC)CC. The Hall–Kier alpha value is 0.854. The molecule has 0 aromatic heterocycles. The molecule has 0 radical (unpaired) electrons. The fraction of sp³-hybridized carbons (Fsp3) is 1.00. The summed E-state index contributed by atoms with van der Waals surface area (Å²) in [6, 6.07) is 0. The van der Waals surface area contributed by atoms with Crippen molar-refractivity contribution in [3.63, 3.8) is 0 Å². The second kappa shape index (κ2) is 11.5. The van der Waals surface area contributed by atoms with E-state index >= 15 is 0 Å². The van der Waals surface area contributed by atoms with Crippen LogP contribution in [0.1, 0.15) is 55.4 Å². The van der Waals surface area contributed by atoms with Gasteiger partial charge in [-0.05, 0) is 52.4 Å². The summed E-state index contributed by atoms with van der Waals surface area (Å²) in [5.74, 6) is 0. The molecule has 0 unspecified atom stereocenters. The molecule has 8 heteroatoms. The summed E-state index contributed by atoms with van der Waals surface area (Å²) in [5, 5.41) is 0. The molecule has 0 aromatic carbocycles. The van der Waals surface area contributed by atoms with Crippen molar-refractivity contribution in [1.82, 2.24) is 18.3 Å². The van der Waals surface area contributed by atoms with Gasteiger partial charge in [-0.15, -0.1) is 22.2 Å². The minimum absolute atomic E-state index is 0.911. The molecule has 0 aliphatic rings. The second-order valence-corrected chi connectivity index (χ2v) is 20.7. The van der Waals surface area contributed by atoms with Crippen LogP contribution < -0.4 is 0 Å². The first-order chi connectivity index (χ1) is 11.3. The molecular weight excluding hydrogens is 375 g/mol. The van der Waals surface area contributed by atoms with Crippen molar-refractivity contribution in [3.8, 4) is 0 Å². The predicted molar refractivity (Wildman–Crippen MR) is 115 cm³/mol. The van der Waals surface area contributed by atoms with Gasteiger partial charge in [-0.3, -0.25) is 18.3 Å². The first-order valence-electron chi connectivity index (χ1n) is 9.71. The van der Waals surface area contributed by atoms with Crippen LogP contribution in [0.3, 0.4) is 0 Å². The Labute approximate surface area is 162 Å². The molecule has 4 nitrogen and oxygen atoms in total. The second-order valence-electron chi connectivity index (χ2n) is 5.87. The molecule has 0 saturated heterocycles. The number of halogens is 2. The van der Waals surface area contributed by atoms with Crippen molar-refractivity contribution in [2.45, 2.75) is 55.4 Å². The number of hydrogen-bond donors (Lipinski definition) is 0. The highest BCUT2D eigenvalue weighted by Crippen LogP contribution is 2.38. The van der Waals surface area contributed by atoms with Crippen molar-refractivity contribution in [3.05, 3.63) is 0 Å². The summed E-state index contributed by atoms with van der Waals surface area (Å²) in [5.41, 5.74) is 0. The Morgan fingerprint density at radius 3 is 0.833 bits per heavy atom. The van der Waals surface area contributed by atoms with E-state index in [-0.39, 0.29) is 0 Å². The Balaban J connectivity index is 6.67. The maximum Gasteiger partial charge on any atom is 0.361 e. The fourth-order valence-electron chi connectivity index (χ4n) is 4.00. The number of nitrogens with zero attached hydrogens (tertiary/aromatic N) is 4. The van der Waals surface area contributed by atoms with Crippen LogP contribution in [0.5, 0.6) is 0 Å². The fourth-order valence-corrected chi connectivity index (χ4v) is 26.6. The molecule has 0 atom stereocenters. The van der Waals surface area contributed by atoms with E-state index in [2.05, 4.69) is 73.7 Å². The third kappa shape index (κ3) is 4.39. The van der Waals surface area contributed by atoms with Crippen LogP contribution in [-0.2, 0) is 0 Å². The Kier molecular flexibility index (Phi) is 12.0. The van der Waals surface area contributed by atoms with Crippen LogP contribution >= 0.6 is 22.2 Å². The summed E-state index contributed by atoms with van der Waals surface area (Å²) in [6.07, 6.45) is -2.73. The Morgan fingerprint density at radius 2 is 0.667 bits per heavy atom. The van der Waals surface area contributed by atoms with Gasteiger partial charge in [0, 0.05) is 0 Å². The molecule has 0 fully saturated rings.